The van der Waals surface area contributed by atoms with Gasteiger partial charge in [0.25, 0.3) is 23.6 Å². The highest BCUT2D eigenvalue weighted by molar-refractivity contribution is 9.11. The normalized spacial score (nSPS) is 14.0. The Balaban J connectivity index is 0.000000165. The number of nitrogens with one attached hydrogen (secondary N) is 6. The third-order valence-corrected chi connectivity index (χ3v) is 23.7. The fourth-order valence-corrected chi connectivity index (χ4v) is 14.3. The van der Waals surface area contributed by atoms with Crippen LogP contribution in [0.15, 0.2) is 296 Å². The van der Waals surface area contributed by atoms with Gasteiger partial charge in [0, 0.05) is 75.1 Å². The van der Waals surface area contributed by atoms with Crippen molar-refractivity contribution in [1.82, 2.24) is 71.1 Å². The number of aliphatic hydroxyl groups excluding tert-OH is 3. The molecule has 2 aliphatic heterocycles. The Morgan fingerprint density at radius 2 is 0.794 bits per heavy atom. The molecule has 17 N–H and O–H groups in total. The van der Waals surface area contributed by atoms with E-state index in [1.165, 1.54) is 61.2 Å². The number of benzene rings is 8. The van der Waals surface area contributed by atoms with Crippen LogP contribution in [0.3, 0.4) is 0 Å². The minimum absolute atomic E-state index is 0.0664. The molecule has 16 rings (SSSR count). The van der Waals surface area contributed by atoms with Crippen molar-refractivity contribution >= 4 is 136 Å². The molecule has 0 unspecified atom stereocenters. The lowest BCUT2D eigenvalue weighted by atomic mass is 9.79. The molecule has 8 aromatic carbocycles. The van der Waals surface area contributed by atoms with E-state index < -0.39 is 78.2 Å². The first-order valence-electron chi connectivity index (χ1n) is 42.1. The molecule has 0 bridgehead atoms. The minimum Gasteiger partial charge on any atom is -0.399 e. The van der Waals surface area contributed by atoms with Gasteiger partial charge >= 0.3 is 14.2 Å². The number of pyridine rings is 2. The zero-order chi connectivity index (χ0) is 98.2. The van der Waals surface area contributed by atoms with Crippen molar-refractivity contribution < 1.29 is 61.9 Å². The van der Waals surface area contributed by atoms with Crippen LogP contribution in [0.5, 0.6) is 0 Å². The molecule has 0 saturated carbocycles. The summed E-state index contributed by atoms with van der Waals surface area (Å²) in [4.78, 5) is 110. The predicted octanol–water partition coefficient (Wildman–Crippen LogP) is 13.9. The molecule has 700 valence electrons. The lowest BCUT2D eigenvalue weighted by molar-refractivity contribution is 0.00578. The Morgan fingerprint density at radius 3 is 1.22 bits per heavy atom. The van der Waals surface area contributed by atoms with E-state index in [0.717, 1.165) is 38.3 Å². The fourth-order valence-electron chi connectivity index (χ4n) is 13.0. The summed E-state index contributed by atoms with van der Waals surface area (Å²) in [5.41, 5.74) is 30.0. The third kappa shape index (κ3) is 27.7. The number of nitrogen functional groups attached to an aromatic ring is 4. The molecule has 14 aromatic rings. The summed E-state index contributed by atoms with van der Waals surface area (Å²) in [5.74, 6) is -2.19. The number of rotatable bonds is 21. The second-order valence-corrected chi connectivity index (χ2v) is 35.7. The summed E-state index contributed by atoms with van der Waals surface area (Å²) >= 11 is 12.7. The van der Waals surface area contributed by atoms with Crippen LogP contribution in [-0.4, -0.2) is 145 Å². The zero-order valence-electron chi connectivity index (χ0n) is 74.7. The highest BCUT2D eigenvalue weighted by atomic mass is 79.9. The van der Waals surface area contributed by atoms with Crippen LogP contribution in [0, 0.1) is 11.6 Å². The molecule has 2 aliphatic rings. The van der Waals surface area contributed by atoms with Crippen molar-refractivity contribution in [2.75, 3.05) is 42.8 Å². The second kappa shape index (κ2) is 47.2. The van der Waals surface area contributed by atoms with E-state index in [-0.39, 0.29) is 76.9 Å². The lowest BCUT2D eigenvalue weighted by Crippen LogP contribution is -2.41. The Kier molecular flexibility index (Phi) is 35.8. The Labute approximate surface area is 816 Å². The second-order valence-electron chi connectivity index (χ2n) is 32.4. The molecular formula is C97H96B2Br4F2N18O13. The molecule has 0 spiro atoms. The molecule has 136 heavy (non-hydrogen) atoms. The summed E-state index contributed by atoms with van der Waals surface area (Å²) in [7, 11) is -1.18. The number of anilines is 4. The van der Waals surface area contributed by atoms with Crippen molar-refractivity contribution in [2.45, 2.75) is 102 Å². The monoisotopic (exact) mass is 2100 g/mol. The van der Waals surface area contributed by atoms with Crippen LogP contribution in [0.1, 0.15) is 137 Å². The Hall–Kier alpha value is -13.3. The number of aromatic nitrogens is 10. The third-order valence-electron chi connectivity index (χ3n) is 21.9. The highest BCUT2D eigenvalue weighted by Gasteiger charge is 2.53. The van der Waals surface area contributed by atoms with Gasteiger partial charge in [-0.3, -0.25) is 33.8 Å². The number of H-pyrrole nitrogens is 2. The number of nitrogens with zero attached hydrogens (tertiary/aromatic N) is 8. The largest absolute Gasteiger partial charge is 0.516 e. The molecular weight excluding hydrogens is 2000 g/mol. The molecule has 2 fully saturated rings. The maximum absolute atomic E-state index is 14.9. The maximum atomic E-state index is 14.9. The molecule has 6 aromatic heterocycles. The molecule has 2 saturated heterocycles. The minimum atomic E-state index is -0.773. The number of aromatic amines is 2. The number of aliphatic hydroxyl groups is 3. The quantitative estimate of drug-likeness (QED) is 0.0297. The van der Waals surface area contributed by atoms with Crippen LogP contribution < -0.4 is 66.4 Å². The highest BCUT2D eigenvalue weighted by Crippen LogP contribution is 2.39. The van der Waals surface area contributed by atoms with Gasteiger partial charge in [0.15, 0.2) is 5.82 Å². The van der Waals surface area contributed by atoms with Gasteiger partial charge in [-0.25, -0.2) is 43.7 Å². The average Bonchev–Trinajstić information content (AvgIpc) is 1.58. The smallest absolute Gasteiger partial charge is 0.399 e. The van der Waals surface area contributed by atoms with Gasteiger partial charge < -0.3 is 88.1 Å². The van der Waals surface area contributed by atoms with Crippen molar-refractivity contribution in [1.29, 1.82) is 0 Å². The lowest BCUT2D eigenvalue weighted by Gasteiger charge is -2.32. The molecule has 0 radical (unpaired) electrons. The van der Waals surface area contributed by atoms with Gasteiger partial charge in [0.1, 0.15) is 60.0 Å². The number of hydrogen-bond donors (Lipinski definition) is 13. The van der Waals surface area contributed by atoms with Gasteiger partial charge in [-0.05, 0) is 207 Å². The van der Waals surface area contributed by atoms with Crippen molar-refractivity contribution in [2.24, 2.45) is 0 Å². The van der Waals surface area contributed by atoms with Crippen LogP contribution in [0.4, 0.5) is 32.1 Å². The molecule has 3 atom stereocenters. The van der Waals surface area contributed by atoms with Crippen molar-refractivity contribution in [3.05, 3.63) is 363 Å². The van der Waals surface area contributed by atoms with Crippen molar-refractivity contribution in [3.8, 4) is 45.0 Å². The maximum Gasteiger partial charge on any atom is 0.516 e. The summed E-state index contributed by atoms with van der Waals surface area (Å²) in [6, 6.07) is 63.9. The number of carbonyl (C=O) groups is 4. The SMILES string of the molecule is CC1(C)OB(c2ccc(C(=O)N[C@H](CO)c3ccccc3)cc2)OC1(C)C.CC1(C)OB(c2cnc(N)c(-c3ccc(C(=O)NCc4ccccc4)c(F)c3)n2)OC1(C)C.Nc1ncc(-c2ccc(=O)[nH]c2)nc1-c1ccc(C(=O)N[C@H](CO)c2ccccc2)c(F)c1.Nc1ncc(Br)nc1-c1ccc(C(=O)N[C@H](CO)c2ccccc2)cc1.Nc1ncc(Br)nc1Br.O=c1ccc(Br)c[nH]1. The van der Waals surface area contributed by atoms with E-state index in [2.05, 4.69) is 135 Å². The van der Waals surface area contributed by atoms with E-state index in [9.17, 15) is 52.9 Å². The van der Waals surface area contributed by atoms with E-state index >= 15 is 0 Å². The van der Waals surface area contributed by atoms with Crippen LogP contribution >= 0.6 is 63.7 Å². The number of nitrogens with two attached hydrogens (primary N) is 4. The van der Waals surface area contributed by atoms with Gasteiger partial charge in [-0.2, -0.15) is 0 Å². The van der Waals surface area contributed by atoms with E-state index in [4.69, 9.17) is 41.6 Å². The van der Waals surface area contributed by atoms with Crippen LogP contribution in [-0.2, 0) is 25.2 Å². The Morgan fingerprint density at radius 1 is 0.412 bits per heavy atom. The van der Waals surface area contributed by atoms with Crippen LogP contribution in [0.2, 0.25) is 0 Å². The summed E-state index contributed by atoms with van der Waals surface area (Å²) in [6.07, 6.45) is 9.10. The van der Waals surface area contributed by atoms with Gasteiger partial charge in [0.05, 0.1) is 101 Å². The summed E-state index contributed by atoms with van der Waals surface area (Å²) < 4.78 is 56.6. The first-order chi connectivity index (χ1) is 64.8. The topological polar surface area (TPSA) is 487 Å². The zero-order valence-corrected chi connectivity index (χ0v) is 81.0. The molecule has 8 heterocycles. The summed E-state index contributed by atoms with van der Waals surface area (Å²) in [6.45, 7) is 15.4. The van der Waals surface area contributed by atoms with E-state index in [1.807, 2.05) is 165 Å². The standard InChI is InChI=1S/C24H26BFN4O3.C24H20FN5O3.C21H26BNO4.C19H17BrN4O2.C5H4BrNO.C4H3Br2N3/c1-23(2)24(3,4)33-25(32-23)19-14-28-21(27)20(30-19)16-10-11-17(18(26)12-16)22(31)29-13-15-8-6-5-7-9-15;25-18-10-15(22-23(26)28-12-19(29-22)16-7-9-21(32)27-11-16)6-8-17(18)24(33)30-20(13-31)14-4-2-1-3-5-14;1-20(2)21(3,4)27-22(26-20)17-12-10-16(11-13-17)19(25)23-18(14-24)15-8-6-5-7-9-15;20-16-10-22-18(21)17(24-16)13-6-8-14(9-7-13)19(26)23-15(11-25)12-4-2-1-3-5-12;6-4-1-2-5(8)7-3-4;5-2-1-8-4(7)3(6)9-2/h5-12,14H,13H2,1-4H3,(H2,27,28)(H,29,31);1-12,20,31H,13H2,(H2,26,28)(H,27,32)(H,30,33);5-13,18,24H,14H2,1-4H3,(H,23,25);1-10,15,25H,11H2,(H2,21,22)(H,23,26);1-3H,(H,7,8);1H,(H2,7,8)/t;20-;18-;15-;;/m.111../s1. The molecule has 31 nitrogen and oxygen atoms in total. The van der Waals surface area contributed by atoms with Crippen LogP contribution in [0.25, 0.3) is 45.0 Å². The Bertz CT molecular complexity index is 6530. The number of carbonyl (C=O) groups excluding carboxylic acids is 4. The number of halogens is 6. The number of hydrogen-bond acceptors (Lipinski definition) is 25. The van der Waals surface area contributed by atoms with Crippen molar-refractivity contribution in [3.63, 3.8) is 0 Å². The number of amides is 4. The summed E-state index contributed by atoms with van der Waals surface area (Å²) in [5, 5.41) is 39.9. The first-order valence-corrected chi connectivity index (χ1v) is 45.2. The van der Waals surface area contributed by atoms with Gasteiger partial charge in [-0.15, -0.1) is 0 Å². The average molecular weight is 2100 g/mol. The van der Waals surface area contributed by atoms with Gasteiger partial charge in [-0.1, -0.05) is 158 Å². The van der Waals surface area contributed by atoms with E-state index in [0.29, 0.717) is 82.4 Å². The molecule has 4 amide bonds. The van der Waals surface area contributed by atoms with E-state index in [1.54, 1.807) is 91.3 Å². The van der Waals surface area contributed by atoms with Gasteiger partial charge in [0.2, 0.25) is 11.1 Å². The molecule has 39 heteroatoms. The molecule has 0 aliphatic carbocycles. The predicted molar refractivity (Wildman–Crippen MR) is 533 cm³/mol. The fraction of sp³-hybridized carbons (Fsp3) is 0.196. The first kappa shape index (κ1) is 103.